The normalized spacial score (nSPS) is 14.5. The van der Waals surface area contributed by atoms with E-state index in [0.29, 0.717) is 38.7 Å². The summed E-state index contributed by atoms with van der Waals surface area (Å²) in [6, 6.07) is 9.67. The number of nitrogens with one attached hydrogen (secondary N) is 1. The molecular formula is C15H18BrN7O. The summed E-state index contributed by atoms with van der Waals surface area (Å²) in [5, 5.41) is 14.8. The monoisotopic (exact) mass is 391 g/mol. The van der Waals surface area contributed by atoms with Crippen LogP contribution in [0.2, 0.25) is 0 Å². The van der Waals surface area contributed by atoms with Crippen molar-refractivity contribution in [3.05, 3.63) is 41.4 Å². The Balaban J connectivity index is 1.63. The van der Waals surface area contributed by atoms with E-state index in [1.807, 2.05) is 30.3 Å². The van der Waals surface area contributed by atoms with E-state index in [1.165, 1.54) is 0 Å². The third kappa shape index (κ3) is 3.73. The molecule has 0 spiro atoms. The molecule has 0 atom stereocenters. The van der Waals surface area contributed by atoms with Crippen molar-refractivity contribution in [2.75, 3.05) is 37.6 Å². The van der Waals surface area contributed by atoms with Gasteiger partial charge in [-0.05, 0) is 22.6 Å². The van der Waals surface area contributed by atoms with Crippen LogP contribution in [-0.4, -0.2) is 63.9 Å². The second kappa shape index (κ2) is 7.43. The number of rotatable bonds is 4. The summed E-state index contributed by atoms with van der Waals surface area (Å²) in [5.41, 5.74) is 0.911. The molecule has 1 fully saturated rings. The Morgan fingerprint density at radius 2 is 1.92 bits per heavy atom. The highest BCUT2D eigenvalue weighted by molar-refractivity contribution is 9.11. The highest BCUT2D eigenvalue weighted by Gasteiger charge is 2.24. The first-order valence-corrected chi connectivity index (χ1v) is 8.39. The largest absolute Gasteiger partial charge is 0.336 e. The third-order valence-electron chi connectivity index (χ3n) is 3.73. The number of benzene rings is 1. The summed E-state index contributed by atoms with van der Waals surface area (Å²) in [5.74, 6) is 0.690. The van der Waals surface area contributed by atoms with Crippen LogP contribution < -0.4 is 10.2 Å². The van der Waals surface area contributed by atoms with Crippen molar-refractivity contribution in [1.82, 2.24) is 30.4 Å². The molecule has 8 nitrogen and oxygen atoms in total. The highest BCUT2D eigenvalue weighted by Crippen LogP contribution is 2.17. The zero-order valence-electron chi connectivity index (χ0n) is 13.1. The van der Waals surface area contributed by atoms with Gasteiger partial charge in [-0.3, -0.25) is 0 Å². The maximum absolute atomic E-state index is 12.1. The fraction of sp³-hybridized carbons (Fsp3) is 0.333. The predicted molar refractivity (Wildman–Crippen MR) is 94.4 cm³/mol. The molecule has 1 N–H and O–H groups in total. The minimum atomic E-state index is -0.0853. The van der Waals surface area contributed by atoms with Crippen molar-refractivity contribution in [2.24, 2.45) is 0 Å². The van der Waals surface area contributed by atoms with Crippen molar-refractivity contribution >= 4 is 27.9 Å². The Labute approximate surface area is 148 Å². The van der Waals surface area contributed by atoms with Crippen molar-refractivity contribution in [3.63, 3.8) is 0 Å². The average Bonchev–Trinajstić information content (AvgIpc) is 3.10. The molecule has 1 saturated heterocycles. The molecule has 9 heteroatoms. The van der Waals surface area contributed by atoms with E-state index in [1.54, 1.807) is 9.58 Å². The van der Waals surface area contributed by atoms with Crippen LogP contribution in [0, 0.1) is 0 Å². The van der Waals surface area contributed by atoms with Gasteiger partial charge in [-0.2, -0.15) is 4.68 Å². The lowest BCUT2D eigenvalue weighted by Crippen LogP contribution is -2.52. The Kier molecular flexibility index (Phi) is 5.09. The molecule has 0 aliphatic carbocycles. The van der Waals surface area contributed by atoms with Gasteiger partial charge >= 0.3 is 6.03 Å². The standard InChI is InChI=1S/C15H18BrN7O/c1-12(16)11-17-15(24)22-9-7-21(8-10-22)14-18-19-20-23(14)13-5-3-2-4-6-13/h2-6H,1,7-11H2,(H,17,24). The first kappa shape index (κ1) is 16.4. The molecule has 1 aliphatic heterocycles. The number of piperazine rings is 1. The number of halogens is 1. The van der Waals surface area contributed by atoms with Gasteiger partial charge in [0.05, 0.1) is 12.2 Å². The van der Waals surface area contributed by atoms with Crippen molar-refractivity contribution in [3.8, 4) is 5.69 Å². The summed E-state index contributed by atoms with van der Waals surface area (Å²) in [4.78, 5) is 15.9. The average molecular weight is 392 g/mol. The second-order valence-electron chi connectivity index (χ2n) is 5.38. The fourth-order valence-corrected chi connectivity index (χ4v) is 2.65. The lowest BCUT2D eigenvalue weighted by molar-refractivity contribution is 0.195. The molecule has 1 aromatic carbocycles. The number of hydrogen-bond acceptors (Lipinski definition) is 5. The number of amides is 2. The van der Waals surface area contributed by atoms with Gasteiger partial charge in [0.1, 0.15) is 0 Å². The Bertz CT molecular complexity index is 710. The van der Waals surface area contributed by atoms with Crippen LogP contribution in [0.1, 0.15) is 0 Å². The third-order valence-corrected chi connectivity index (χ3v) is 4.02. The maximum Gasteiger partial charge on any atom is 0.317 e. The molecule has 2 amide bonds. The van der Waals surface area contributed by atoms with Crippen molar-refractivity contribution in [2.45, 2.75) is 0 Å². The van der Waals surface area contributed by atoms with Gasteiger partial charge in [0.2, 0.25) is 5.95 Å². The molecule has 0 saturated carbocycles. The Morgan fingerprint density at radius 1 is 1.21 bits per heavy atom. The van der Waals surface area contributed by atoms with E-state index in [9.17, 15) is 4.79 Å². The Morgan fingerprint density at radius 3 is 2.58 bits per heavy atom. The van der Waals surface area contributed by atoms with E-state index < -0.39 is 0 Å². The van der Waals surface area contributed by atoms with Crippen LogP contribution in [0.25, 0.3) is 5.69 Å². The van der Waals surface area contributed by atoms with Gasteiger partial charge in [-0.15, -0.1) is 0 Å². The van der Waals surface area contributed by atoms with Crippen LogP contribution in [0.15, 0.2) is 41.4 Å². The number of tetrazole rings is 1. The van der Waals surface area contributed by atoms with Gasteiger partial charge in [0.25, 0.3) is 0 Å². The second-order valence-corrected chi connectivity index (χ2v) is 6.50. The van der Waals surface area contributed by atoms with Crippen molar-refractivity contribution < 1.29 is 4.79 Å². The topological polar surface area (TPSA) is 79.2 Å². The first-order valence-electron chi connectivity index (χ1n) is 7.60. The van der Waals surface area contributed by atoms with E-state index in [4.69, 9.17) is 0 Å². The molecule has 0 bridgehead atoms. The van der Waals surface area contributed by atoms with Gasteiger partial charge in [0.15, 0.2) is 0 Å². The quantitative estimate of drug-likeness (QED) is 0.851. The molecule has 0 radical (unpaired) electrons. The van der Waals surface area contributed by atoms with Crippen LogP contribution in [-0.2, 0) is 0 Å². The SMILES string of the molecule is C=C(Br)CNC(=O)N1CCN(c2nnnn2-c2ccccc2)CC1. The lowest BCUT2D eigenvalue weighted by atomic mass is 10.3. The minimum absolute atomic E-state index is 0.0853. The van der Waals surface area contributed by atoms with Gasteiger partial charge < -0.3 is 15.1 Å². The number of hydrogen-bond donors (Lipinski definition) is 1. The molecule has 0 unspecified atom stereocenters. The van der Waals surface area contributed by atoms with Crippen LogP contribution in [0.3, 0.4) is 0 Å². The molecular weight excluding hydrogens is 374 g/mol. The fourth-order valence-electron chi connectivity index (χ4n) is 2.51. The smallest absolute Gasteiger partial charge is 0.317 e. The summed E-state index contributed by atoms with van der Waals surface area (Å²) >= 11 is 3.23. The maximum atomic E-state index is 12.1. The van der Waals surface area contributed by atoms with Gasteiger partial charge in [0, 0.05) is 30.7 Å². The molecule has 24 heavy (non-hydrogen) atoms. The number of anilines is 1. The highest BCUT2D eigenvalue weighted by atomic mass is 79.9. The number of urea groups is 1. The summed E-state index contributed by atoms with van der Waals surface area (Å²) in [6.07, 6.45) is 0. The molecule has 1 aliphatic rings. The number of para-hydroxylation sites is 1. The number of carbonyl (C=O) groups excluding carboxylic acids is 1. The molecule has 3 rings (SSSR count). The number of aromatic nitrogens is 4. The zero-order valence-corrected chi connectivity index (χ0v) is 14.7. The number of nitrogens with zero attached hydrogens (tertiary/aromatic N) is 6. The molecule has 2 heterocycles. The van der Waals surface area contributed by atoms with E-state index in [-0.39, 0.29) is 6.03 Å². The van der Waals surface area contributed by atoms with E-state index in [2.05, 4.69) is 48.3 Å². The summed E-state index contributed by atoms with van der Waals surface area (Å²) in [7, 11) is 0. The minimum Gasteiger partial charge on any atom is -0.336 e. The molecule has 1 aromatic heterocycles. The lowest BCUT2D eigenvalue weighted by Gasteiger charge is -2.34. The van der Waals surface area contributed by atoms with Crippen LogP contribution in [0.5, 0.6) is 0 Å². The predicted octanol–water partition coefficient (Wildman–Crippen LogP) is 1.40. The van der Waals surface area contributed by atoms with Gasteiger partial charge in [-0.25, -0.2) is 4.79 Å². The van der Waals surface area contributed by atoms with E-state index >= 15 is 0 Å². The van der Waals surface area contributed by atoms with E-state index in [0.717, 1.165) is 10.2 Å². The van der Waals surface area contributed by atoms with Crippen molar-refractivity contribution in [1.29, 1.82) is 0 Å². The first-order chi connectivity index (χ1) is 11.6. The zero-order chi connectivity index (χ0) is 16.9. The Hall–Kier alpha value is -2.42. The molecule has 126 valence electrons. The number of carbonyl (C=O) groups is 1. The summed E-state index contributed by atoms with van der Waals surface area (Å²) < 4.78 is 2.46. The summed E-state index contributed by atoms with van der Waals surface area (Å²) in [6.45, 7) is 6.71. The van der Waals surface area contributed by atoms with Crippen LogP contribution in [0.4, 0.5) is 10.7 Å². The van der Waals surface area contributed by atoms with Gasteiger partial charge in [-0.1, -0.05) is 45.8 Å². The van der Waals surface area contributed by atoms with Crippen LogP contribution >= 0.6 is 15.9 Å². The molecule has 2 aromatic rings.